The Bertz CT molecular complexity index is 848. The van der Waals surface area contributed by atoms with Crippen molar-refractivity contribution in [1.82, 2.24) is 29.9 Å². The molecule has 0 aliphatic heterocycles. The van der Waals surface area contributed by atoms with E-state index >= 15 is 0 Å². The predicted octanol–water partition coefficient (Wildman–Crippen LogP) is 7.61. The van der Waals surface area contributed by atoms with Gasteiger partial charge in [0.05, 0.1) is 5.69 Å². The van der Waals surface area contributed by atoms with Gasteiger partial charge in [-0.3, -0.25) is 19.9 Å². The SMILES string of the molecule is CC(C)c1cccnc1.CC(C)c1ccncc1.CC(C)c1ccncn1.CC(C)c1cnccn1. The van der Waals surface area contributed by atoms with Crippen LogP contribution in [0, 0.1) is 0 Å². The van der Waals surface area contributed by atoms with Crippen molar-refractivity contribution in [3.63, 3.8) is 0 Å². The van der Waals surface area contributed by atoms with Gasteiger partial charge >= 0.3 is 0 Å². The Kier molecular flexibility index (Phi) is 15.1. The van der Waals surface area contributed by atoms with Crippen molar-refractivity contribution in [1.29, 1.82) is 0 Å². The van der Waals surface area contributed by atoms with Gasteiger partial charge in [-0.25, -0.2) is 9.97 Å². The molecule has 36 heavy (non-hydrogen) atoms. The highest BCUT2D eigenvalue weighted by molar-refractivity contribution is 5.13. The van der Waals surface area contributed by atoms with Crippen molar-refractivity contribution in [3.05, 3.63) is 109 Å². The molecule has 0 saturated carbocycles. The normalized spacial score (nSPS) is 10.1. The Morgan fingerprint density at radius 1 is 0.444 bits per heavy atom. The van der Waals surface area contributed by atoms with Gasteiger partial charge in [-0.15, -0.1) is 0 Å². The van der Waals surface area contributed by atoms with Crippen molar-refractivity contribution in [3.8, 4) is 0 Å². The largest absolute Gasteiger partial charge is 0.265 e. The van der Waals surface area contributed by atoms with E-state index in [-0.39, 0.29) is 0 Å². The first-order valence-electron chi connectivity index (χ1n) is 12.5. The lowest BCUT2D eigenvalue weighted by Crippen LogP contribution is -1.91. The summed E-state index contributed by atoms with van der Waals surface area (Å²) >= 11 is 0. The van der Waals surface area contributed by atoms with Crippen LogP contribution in [0.3, 0.4) is 0 Å². The third-order valence-corrected chi connectivity index (χ3v) is 5.09. The fraction of sp³-hybridized carbons (Fsp3) is 0.400. The number of hydrogen-bond acceptors (Lipinski definition) is 6. The maximum absolute atomic E-state index is 4.12. The highest BCUT2D eigenvalue weighted by Crippen LogP contribution is 2.11. The highest BCUT2D eigenvalue weighted by Gasteiger charge is 1.97. The summed E-state index contributed by atoms with van der Waals surface area (Å²) in [5.41, 5.74) is 4.81. The van der Waals surface area contributed by atoms with Crippen LogP contribution in [-0.2, 0) is 0 Å². The van der Waals surface area contributed by atoms with Crippen molar-refractivity contribution >= 4 is 0 Å². The summed E-state index contributed by atoms with van der Waals surface area (Å²) in [7, 11) is 0. The van der Waals surface area contributed by atoms with Crippen molar-refractivity contribution in [2.75, 3.05) is 0 Å². The molecule has 4 rings (SSSR count). The van der Waals surface area contributed by atoms with Crippen LogP contribution in [0.2, 0.25) is 0 Å². The van der Waals surface area contributed by atoms with Gasteiger partial charge in [-0.1, -0.05) is 61.5 Å². The molecule has 6 nitrogen and oxygen atoms in total. The molecule has 4 heterocycles. The maximum atomic E-state index is 4.12. The van der Waals surface area contributed by atoms with Crippen molar-refractivity contribution < 1.29 is 0 Å². The van der Waals surface area contributed by atoms with Crippen LogP contribution in [-0.4, -0.2) is 29.9 Å². The van der Waals surface area contributed by atoms with E-state index in [1.54, 1.807) is 37.3 Å². The molecule has 0 unspecified atom stereocenters. The number of aromatic nitrogens is 6. The first-order valence-corrected chi connectivity index (χ1v) is 12.5. The Balaban J connectivity index is 0.000000240. The lowest BCUT2D eigenvalue weighted by atomic mass is 10.1. The van der Waals surface area contributed by atoms with Gasteiger partial charge in [-0.05, 0) is 59.1 Å². The Hall–Kier alpha value is -3.54. The highest BCUT2D eigenvalue weighted by atomic mass is 14.8. The molecule has 0 saturated heterocycles. The number of nitrogens with zero attached hydrogens (tertiary/aromatic N) is 6. The van der Waals surface area contributed by atoms with Crippen LogP contribution in [0.5, 0.6) is 0 Å². The zero-order valence-electron chi connectivity index (χ0n) is 23.1. The van der Waals surface area contributed by atoms with Crippen LogP contribution in [0.4, 0.5) is 0 Å². The van der Waals surface area contributed by atoms with Crippen LogP contribution in [0.1, 0.15) is 102 Å². The fourth-order valence-electron chi connectivity index (χ4n) is 2.72. The lowest BCUT2D eigenvalue weighted by Gasteiger charge is -2.01. The molecule has 0 atom stereocenters. The average molecular weight is 487 g/mol. The summed E-state index contributed by atoms with van der Waals surface area (Å²) in [6, 6.07) is 10.1. The molecule has 6 heteroatoms. The van der Waals surface area contributed by atoms with Crippen LogP contribution < -0.4 is 0 Å². The summed E-state index contributed by atoms with van der Waals surface area (Å²) < 4.78 is 0. The van der Waals surface area contributed by atoms with Gasteiger partial charge in [0.1, 0.15) is 6.33 Å². The first kappa shape index (κ1) is 30.5. The molecule has 0 radical (unpaired) electrons. The average Bonchev–Trinajstić information content (AvgIpc) is 2.92. The summed E-state index contributed by atoms with van der Waals surface area (Å²) in [5.74, 6) is 2.21. The van der Waals surface area contributed by atoms with E-state index in [0.717, 1.165) is 11.4 Å². The molecule has 0 aromatic carbocycles. The second-order valence-electron chi connectivity index (χ2n) is 9.45. The smallest absolute Gasteiger partial charge is 0.115 e. The molecule has 0 aliphatic carbocycles. The molecule has 0 bridgehead atoms. The summed E-state index contributed by atoms with van der Waals surface area (Å²) in [6.45, 7) is 17.1. The zero-order valence-corrected chi connectivity index (χ0v) is 23.1. The third kappa shape index (κ3) is 13.4. The predicted molar refractivity (Wildman–Crippen MR) is 149 cm³/mol. The summed E-state index contributed by atoms with van der Waals surface area (Å²) in [6.07, 6.45) is 15.9. The Morgan fingerprint density at radius 3 is 1.39 bits per heavy atom. The van der Waals surface area contributed by atoms with E-state index in [1.807, 2.05) is 42.9 Å². The minimum Gasteiger partial charge on any atom is -0.265 e. The second-order valence-corrected chi connectivity index (χ2v) is 9.45. The molecule has 0 fully saturated rings. The molecule has 192 valence electrons. The van der Waals surface area contributed by atoms with Gasteiger partial charge in [-0.2, -0.15) is 0 Å². The minimum atomic E-state index is 0.485. The topological polar surface area (TPSA) is 77.3 Å². The zero-order chi connectivity index (χ0) is 26.8. The molecule has 4 aromatic rings. The van der Waals surface area contributed by atoms with Gasteiger partial charge in [0.2, 0.25) is 0 Å². The van der Waals surface area contributed by atoms with E-state index in [2.05, 4.69) is 91.4 Å². The monoisotopic (exact) mass is 486 g/mol. The third-order valence-electron chi connectivity index (χ3n) is 5.09. The molecule has 0 amide bonds. The molecule has 4 aromatic heterocycles. The Labute approximate surface area is 217 Å². The van der Waals surface area contributed by atoms with Crippen LogP contribution in [0.25, 0.3) is 0 Å². The molecule has 0 aliphatic rings. The molecule has 0 spiro atoms. The number of pyridine rings is 2. The molecular weight excluding hydrogens is 444 g/mol. The molecule has 0 N–H and O–H groups in total. The van der Waals surface area contributed by atoms with E-state index in [0.29, 0.717) is 23.7 Å². The van der Waals surface area contributed by atoms with Gasteiger partial charge in [0, 0.05) is 55.3 Å². The quantitative estimate of drug-likeness (QED) is 0.295. The van der Waals surface area contributed by atoms with E-state index in [4.69, 9.17) is 0 Å². The van der Waals surface area contributed by atoms with Gasteiger partial charge < -0.3 is 0 Å². The minimum absolute atomic E-state index is 0.485. The van der Waals surface area contributed by atoms with E-state index < -0.39 is 0 Å². The van der Waals surface area contributed by atoms with Crippen LogP contribution in [0.15, 0.2) is 86.2 Å². The molecular formula is C30H42N6. The standard InChI is InChI=1S/2C8H11N.2C7H10N2/c1-7(2)8-3-5-9-6-4-8;1-7(2)8-4-3-5-9-6-8;1-6(2)7-5-8-3-4-9-7;1-6(2)7-3-4-8-5-9-7/h2*3-7H,1-2H3;2*3-6H,1-2H3. The second kappa shape index (κ2) is 17.8. The fourth-order valence-corrected chi connectivity index (χ4v) is 2.72. The van der Waals surface area contributed by atoms with Gasteiger partial charge in [0.15, 0.2) is 0 Å². The van der Waals surface area contributed by atoms with Crippen LogP contribution >= 0.6 is 0 Å². The first-order chi connectivity index (χ1) is 17.2. The lowest BCUT2D eigenvalue weighted by molar-refractivity contribution is 0.812. The summed E-state index contributed by atoms with van der Waals surface area (Å²) in [5, 5.41) is 0. The van der Waals surface area contributed by atoms with Crippen molar-refractivity contribution in [2.24, 2.45) is 0 Å². The maximum Gasteiger partial charge on any atom is 0.115 e. The number of hydrogen-bond donors (Lipinski definition) is 0. The summed E-state index contributed by atoms with van der Waals surface area (Å²) in [4.78, 5) is 23.9. The van der Waals surface area contributed by atoms with Crippen molar-refractivity contribution in [2.45, 2.75) is 79.1 Å². The Morgan fingerprint density at radius 2 is 1.06 bits per heavy atom. The van der Waals surface area contributed by atoms with Gasteiger partial charge in [0.25, 0.3) is 0 Å². The van der Waals surface area contributed by atoms with E-state index in [1.165, 1.54) is 11.1 Å². The number of rotatable bonds is 4. The van der Waals surface area contributed by atoms with E-state index in [9.17, 15) is 0 Å².